The summed E-state index contributed by atoms with van der Waals surface area (Å²) >= 11 is 0. The van der Waals surface area contributed by atoms with Crippen LogP contribution < -0.4 is 4.90 Å². The minimum absolute atomic E-state index is 0.0684. The van der Waals surface area contributed by atoms with Crippen LogP contribution in [0.1, 0.15) is 48.4 Å². The first-order chi connectivity index (χ1) is 17.1. The number of aryl methyl sites for hydroxylation is 1. The van der Waals surface area contributed by atoms with Crippen molar-refractivity contribution in [2.24, 2.45) is 0 Å². The Morgan fingerprint density at radius 2 is 2.03 bits per heavy atom. The summed E-state index contributed by atoms with van der Waals surface area (Å²) in [5, 5.41) is 3.97. The van der Waals surface area contributed by atoms with E-state index in [0.717, 1.165) is 18.4 Å². The molecular formula is C25H23N5O5. The Morgan fingerprint density at radius 1 is 1.17 bits per heavy atom. The van der Waals surface area contributed by atoms with Gasteiger partial charge in [-0.25, -0.2) is 4.79 Å². The molecule has 1 unspecified atom stereocenters. The predicted molar refractivity (Wildman–Crippen MR) is 122 cm³/mol. The zero-order valence-corrected chi connectivity index (χ0v) is 18.9. The zero-order chi connectivity index (χ0) is 24.0. The molecule has 3 aromatic rings. The van der Waals surface area contributed by atoms with Crippen LogP contribution in [0.5, 0.6) is 0 Å². The number of benzene rings is 1. The maximum Gasteiger partial charge on any atom is 0.353 e. The molecule has 0 radical (unpaired) electrons. The van der Waals surface area contributed by atoms with Gasteiger partial charge in [-0.2, -0.15) is 4.98 Å². The van der Waals surface area contributed by atoms with Gasteiger partial charge in [0.25, 0.3) is 5.91 Å². The topological polar surface area (TPSA) is 119 Å². The molecular weight excluding hydrogens is 450 g/mol. The summed E-state index contributed by atoms with van der Waals surface area (Å²) in [6, 6.07) is 10.5. The van der Waals surface area contributed by atoms with E-state index in [0.29, 0.717) is 35.8 Å². The third-order valence-electron chi connectivity index (χ3n) is 6.69. The number of anilines is 1. The van der Waals surface area contributed by atoms with Crippen LogP contribution in [0.15, 0.2) is 53.3 Å². The minimum Gasteiger partial charge on any atom is -0.463 e. The van der Waals surface area contributed by atoms with Crippen LogP contribution in [-0.2, 0) is 20.7 Å². The summed E-state index contributed by atoms with van der Waals surface area (Å²) < 4.78 is 11.0. The molecule has 10 heteroatoms. The van der Waals surface area contributed by atoms with Gasteiger partial charge in [0.15, 0.2) is 0 Å². The number of hydrogen-bond acceptors (Lipinski definition) is 8. The molecule has 0 N–H and O–H groups in total. The molecule has 1 saturated carbocycles. The van der Waals surface area contributed by atoms with Crippen LogP contribution in [0.4, 0.5) is 5.69 Å². The Morgan fingerprint density at radius 3 is 2.83 bits per heavy atom. The Bertz CT molecular complexity index is 1300. The average Bonchev–Trinajstić information content (AvgIpc) is 3.49. The number of ether oxygens (including phenoxy) is 1. The molecule has 1 aromatic carbocycles. The fraction of sp³-hybridized carbons (Fsp3) is 0.360. The summed E-state index contributed by atoms with van der Waals surface area (Å²) in [5.74, 6) is -0.0959. The monoisotopic (exact) mass is 473 g/mol. The van der Waals surface area contributed by atoms with Gasteiger partial charge in [-0.15, -0.1) is 0 Å². The molecule has 0 bridgehead atoms. The van der Waals surface area contributed by atoms with Gasteiger partial charge < -0.3 is 14.2 Å². The van der Waals surface area contributed by atoms with Gasteiger partial charge in [-0.3, -0.25) is 19.5 Å². The van der Waals surface area contributed by atoms with Gasteiger partial charge in [0.2, 0.25) is 23.3 Å². The fourth-order valence-corrected chi connectivity index (χ4v) is 4.98. The average molecular weight is 473 g/mol. The lowest BCUT2D eigenvalue weighted by Gasteiger charge is -2.48. The second-order valence-corrected chi connectivity index (χ2v) is 8.96. The number of pyridine rings is 1. The molecule has 2 aromatic heterocycles. The first kappa shape index (κ1) is 21.5. The van der Waals surface area contributed by atoms with Gasteiger partial charge >= 0.3 is 5.97 Å². The van der Waals surface area contributed by atoms with Crippen LogP contribution >= 0.6 is 0 Å². The number of nitrogens with zero attached hydrogens (tertiary/aromatic N) is 5. The lowest BCUT2D eigenvalue weighted by Crippen LogP contribution is -2.69. The molecule has 178 valence electrons. The van der Waals surface area contributed by atoms with Gasteiger partial charge in [0, 0.05) is 43.3 Å². The lowest BCUT2D eigenvalue weighted by atomic mass is 9.96. The van der Waals surface area contributed by atoms with E-state index in [9.17, 15) is 14.4 Å². The second-order valence-electron chi connectivity index (χ2n) is 8.96. The van der Waals surface area contributed by atoms with Gasteiger partial charge in [-0.05, 0) is 43.5 Å². The molecule has 35 heavy (non-hydrogen) atoms. The highest BCUT2D eigenvalue weighted by Gasteiger charge is 2.64. The van der Waals surface area contributed by atoms with Crippen LogP contribution in [0.3, 0.4) is 0 Å². The van der Waals surface area contributed by atoms with Crippen molar-refractivity contribution in [3.05, 3.63) is 60.2 Å². The van der Waals surface area contributed by atoms with Crippen molar-refractivity contribution >= 4 is 23.5 Å². The predicted octanol–water partition coefficient (Wildman–Crippen LogP) is 2.75. The summed E-state index contributed by atoms with van der Waals surface area (Å²) in [6.45, 7) is 0.0988. The number of carbonyl (C=O) groups is 3. The SMILES string of the molecule is O=C1CCC2(C(=O)OCCCc3nc(-c4cccnc4)no3)N1c1ccccc1C(=O)N2C1CC1. The molecule has 10 nitrogen and oxygen atoms in total. The fourth-order valence-electron chi connectivity index (χ4n) is 4.98. The first-order valence-electron chi connectivity index (χ1n) is 11.8. The maximum absolute atomic E-state index is 13.6. The quantitative estimate of drug-likeness (QED) is 0.380. The summed E-state index contributed by atoms with van der Waals surface area (Å²) in [6.07, 6.45) is 6.21. The van der Waals surface area contributed by atoms with Gasteiger partial charge in [0.1, 0.15) is 0 Å². The Balaban J connectivity index is 1.18. The van der Waals surface area contributed by atoms with E-state index in [2.05, 4.69) is 15.1 Å². The zero-order valence-electron chi connectivity index (χ0n) is 18.9. The van der Waals surface area contributed by atoms with Crippen molar-refractivity contribution in [2.45, 2.75) is 50.2 Å². The third-order valence-corrected chi connectivity index (χ3v) is 6.69. The highest BCUT2D eigenvalue weighted by Crippen LogP contribution is 2.49. The Kier molecular flexibility index (Phi) is 5.09. The molecule has 1 aliphatic carbocycles. The highest BCUT2D eigenvalue weighted by molar-refractivity contribution is 6.15. The van der Waals surface area contributed by atoms with E-state index >= 15 is 0 Å². The standard InChI is InChI=1S/C25H23N5O5/c31-21-11-12-25(29(17-9-10-17)23(32)18-6-1-2-7-19(18)30(21)25)24(33)34-14-4-8-20-27-22(28-35-20)16-5-3-13-26-15-16/h1-3,5-7,13,15,17H,4,8-12,14H2. The van der Waals surface area contributed by atoms with E-state index in [4.69, 9.17) is 9.26 Å². The molecule has 2 aliphatic heterocycles. The number of fused-ring (bicyclic) bond motifs is 3. The molecule has 2 fully saturated rings. The van der Waals surface area contributed by atoms with Gasteiger partial charge in [-0.1, -0.05) is 17.3 Å². The second kappa shape index (κ2) is 8.30. The number of aromatic nitrogens is 3. The molecule has 6 rings (SSSR count). The number of amides is 2. The number of carbonyl (C=O) groups excluding carboxylic acids is 3. The van der Waals surface area contributed by atoms with Crippen LogP contribution in [-0.4, -0.2) is 56.1 Å². The Labute approximate surface area is 200 Å². The summed E-state index contributed by atoms with van der Waals surface area (Å²) in [5.41, 5.74) is 0.240. The molecule has 4 heterocycles. The van der Waals surface area contributed by atoms with Crippen molar-refractivity contribution < 1.29 is 23.6 Å². The minimum atomic E-state index is -1.43. The maximum atomic E-state index is 13.6. The number of para-hydroxylation sites is 1. The molecule has 1 atom stereocenters. The summed E-state index contributed by atoms with van der Waals surface area (Å²) in [7, 11) is 0. The van der Waals surface area contributed by atoms with Crippen molar-refractivity contribution in [1.29, 1.82) is 0 Å². The van der Waals surface area contributed by atoms with Gasteiger partial charge in [0.05, 0.1) is 17.9 Å². The third kappa shape index (κ3) is 3.48. The van der Waals surface area contributed by atoms with Crippen LogP contribution in [0.25, 0.3) is 11.4 Å². The van der Waals surface area contributed by atoms with Crippen molar-refractivity contribution in [3.63, 3.8) is 0 Å². The molecule has 2 amide bonds. The van der Waals surface area contributed by atoms with Crippen molar-refractivity contribution in [3.8, 4) is 11.4 Å². The van der Waals surface area contributed by atoms with E-state index in [-0.39, 0.29) is 37.3 Å². The van der Waals surface area contributed by atoms with Crippen LogP contribution in [0, 0.1) is 0 Å². The number of rotatable bonds is 7. The largest absolute Gasteiger partial charge is 0.463 e. The summed E-state index contributed by atoms with van der Waals surface area (Å²) in [4.78, 5) is 51.5. The Hall–Kier alpha value is -4.08. The smallest absolute Gasteiger partial charge is 0.353 e. The number of hydrogen-bond donors (Lipinski definition) is 0. The molecule has 3 aliphatic rings. The van der Waals surface area contributed by atoms with E-state index in [1.54, 1.807) is 47.6 Å². The number of esters is 1. The molecule has 1 saturated heterocycles. The van der Waals surface area contributed by atoms with Crippen molar-refractivity contribution in [1.82, 2.24) is 20.0 Å². The first-order valence-corrected chi connectivity index (χ1v) is 11.8. The van der Waals surface area contributed by atoms with Crippen molar-refractivity contribution in [2.75, 3.05) is 11.5 Å². The highest BCUT2D eigenvalue weighted by atomic mass is 16.5. The lowest BCUT2D eigenvalue weighted by molar-refractivity contribution is -0.157. The van der Waals surface area contributed by atoms with E-state index < -0.39 is 11.6 Å². The normalized spacial score (nSPS) is 21.1. The van der Waals surface area contributed by atoms with Crippen LogP contribution in [0.2, 0.25) is 0 Å². The van der Waals surface area contributed by atoms with E-state index in [1.165, 1.54) is 4.90 Å². The molecule has 0 spiro atoms. The van der Waals surface area contributed by atoms with E-state index in [1.807, 2.05) is 6.07 Å².